The lowest BCUT2D eigenvalue weighted by Crippen LogP contribution is -2.61. The maximum atomic E-state index is 11.4. The van der Waals surface area contributed by atoms with Crippen molar-refractivity contribution in [3.63, 3.8) is 0 Å². The Morgan fingerprint density at radius 1 is 1.54 bits per heavy atom. The van der Waals surface area contributed by atoms with Gasteiger partial charge >= 0.3 is 0 Å². The Morgan fingerprint density at radius 3 is 2.92 bits per heavy atom. The van der Waals surface area contributed by atoms with Gasteiger partial charge < -0.3 is 15.4 Å². The molecule has 0 aromatic carbocycles. The SMILES string of the molecule is CC1NC2=C(NC(N)N(N)C2=O)O1. The highest BCUT2D eigenvalue weighted by Gasteiger charge is 2.36. The minimum absolute atomic E-state index is 0.236. The minimum Gasteiger partial charge on any atom is -0.454 e. The lowest BCUT2D eigenvalue weighted by Gasteiger charge is -2.29. The van der Waals surface area contributed by atoms with Crippen LogP contribution in [0.1, 0.15) is 6.92 Å². The molecule has 0 aromatic rings. The molecule has 0 radical (unpaired) electrons. The molecule has 2 atom stereocenters. The van der Waals surface area contributed by atoms with Gasteiger partial charge in [-0.05, 0) is 6.92 Å². The molecule has 7 nitrogen and oxygen atoms in total. The van der Waals surface area contributed by atoms with E-state index in [9.17, 15) is 4.79 Å². The largest absolute Gasteiger partial charge is 0.454 e. The molecule has 13 heavy (non-hydrogen) atoms. The molecule has 0 saturated carbocycles. The van der Waals surface area contributed by atoms with Crippen LogP contribution in [-0.2, 0) is 9.53 Å². The fourth-order valence-corrected chi connectivity index (χ4v) is 1.26. The normalized spacial score (nSPS) is 32.2. The summed E-state index contributed by atoms with van der Waals surface area (Å²) in [5, 5.41) is 6.48. The van der Waals surface area contributed by atoms with Crippen LogP contribution in [0.3, 0.4) is 0 Å². The van der Waals surface area contributed by atoms with Crippen molar-refractivity contribution in [3.05, 3.63) is 11.6 Å². The molecule has 0 spiro atoms. The van der Waals surface area contributed by atoms with E-state index in [1.165, 1.54) is 0 Å². The molecule has 2 unspecified atom stereocenters. The number of hydrazine groups is 1. The van der Waals surface area contributed by atoms with Gasteiger partial charge in [0.05, 0.1) is 0 Å². The zero-order valence-corrected chi connectivity index (χ0v) is 7.07. The van der Waals surface area contributed by atoms with Crippen molar-refractivity contribution in [2.75, 3.05) is 0 Å². The number of rotatable bonds is 0. The number of ether oxygens (including phenoxy) is 1. The number of hydrogen-bond acceptors (Lipinski definition) is 6. The first-order valence-corrected chi connectivity index (χ1v) is 3.87. The summed E-state index contributed by atoms with van der Waals surface area (Å²) >= 11 is 0. The molecule has 72 valence electrons. The van der Waals surface area contributed by atoms with Crippen molar-refractivity contribution >= 4 is 5.91 Å². The molecule has 0 aliphatic carbocycles. The van der Waals surface area contributed by atoms with Crippen LogP contribution in [0.4, 0.5) is 0 Å². The molecule has 2 heterocycles. The summed E-state index contributed by atoms with van der Waals surface area (Å²) in [6, 6.07) is 0. The zero-order valence-electron chi connectivity index (χ0n) is 7.07. The summed E-state index contributed by atoms with van der Waals surface area (Å²) in [5.41, 5.74) is 5.83. The topological polar surface area (TPSA) is 106 Å². The number of nitrogens with two attached hydrogens (primary N) is 2. The van der Waals surface area contributed by atoms with E-state index < -0.39 is 6.29 Å². The third-order valence-corrected chi connectivity index (χ3v) is 1.90. The standard InChI is InChI=1S/C6H11N5O2/c1-2-9-3-4(13-2)10-6(7)11(8)5(3)12/h2,6,9-10H,7-8H2,1H3. The van der Waals surface area contributed by atoms with Gasteiger partial charge in [0.2, 0.25) is 5.88 Å². The van der Waals surface area contributed by atoms with Crippen molar-refractivity contribution in [1.82, 2.24) is 15.6 Å². The molecule has 1 amide bonds. The van der Waals surface area contributed by atoms with E-state index in [1.807, 2.05) is 0 Å². The quantitative estimate of drug-likeness (QED) is 0.249. The van der Waals surface area contributed by atoms with Crippen LogP contribution in [0, 0.1) is 0 Å². The molecule has 2 aliphatic rings. The number of nitrogens with zero attached hydrogens (tertiary/aromatic N) is 1. The highest BCUT2D eigenvalue weighted by molar-refractivity contribution is 5.94. The summed E-state index contributed by atoms with van der Waals surface area (Å²) in [5.74, 6) is 5.39. The van der Waals surface area contributed by atoms with E-state index in [0.29, 0.717) is 11.6 Å². The van der Waals surface area contributed by atoms with Crippen molar-refractivity contribution in [3.8, 4) is 0 Å². The number of nitrogens with one attached hydrogen (secondary N) is 2. The molecular formula is C6H11N5O2. The van der Waals surface area contributed by atoms with Crippen LogP contribution in [0.15, 0.2) is 11.6 Å². The van der Waals surface area contributed by atoms with Crippen LogP contribution in [-0.4, -0.2) is 23.4 Å². The van der Waals surface area contributed by atoms with E-state index in [4.69, 9.17) is 16.3 Å². The second-order valence-corrected chi connectivity index (χ2v) is 2.91. The average molecular weight is 185 g/mol. The maximum Gasteiger partial charge on any atom is 0.292 e. The summed E-state index contributed by atoms with van der Waals surface area (Å²) in [6.45, 7) is 1.78. The predicted octanol–water partition coefficient (Wildman–Crippen LogP) is -2.33. The molecule has 0 aromatic heterocycles. The van der Waals surface area contributed by atoms with Gasteiger partial charge in [-0.1, -0.05) is 0 Å². The second-order valence-electron chi connectivity index (χ2n) is 2.91. The molecular weight excluding hydrogens is 174 g/mol. The summed E-state index contributed by atoms with van der Waals surface area (Å²) in [4.78, 5) is 11.4. The fraction of sp³-hybridized carbons (Fsp3) is 0.500. The van der Waals surface area contributed by atoms with Gasteiger partial charge in [-0.15, -0.1) is 0 Å². The Kier molecular flexibility index (Phi) is 1.57. The van der Waals surface area contributed by atoms with E-state index >= 15 is 0 Å². The van der Waals surface area contributed by atoms with Crippen molar-refractivity contribution < 1.29 is 9.53 Å². The van der Waals surface area contributed by atoms with Crippen molar-refractivity contribution in [1.29, 1.82) is 0 Å². The van der Waals surface area contributed by atoms with E-state index in [0.717, 1.165) is 5.01 Å². The van der Waals surface area contributed by atoms with Gasteiger partial charge in [0, 0.05) is 0 Å². The Balaban J connectivity index is 2.29. The molecule has 0 saturated heterocycles. The first-order chi connectivity index (χ1) is 6.09. The molecule has 0 fully saturated rings. The second kappa shape index (κ2) is 2.51. The van der Waals surface area contributed by atoms with Gasteiger partial charge in [-0.3, -0.25) is 10.5 Å². The van der Waals surface area contributed by atoms with Gasteiger partial charge in [0.15, 0.2) is 18.2 Å². The van der Waals surface area contributed by atoms with Gasteiger partial charge in [0.1, 0.15) is 0 Å². The predicted molar refractivity (Wildman–Crippen MR) is 42.9 cm³/mol. The van der Waals surface area contributed by atoms with Crippen LogP contribution in [0.2, 0.25) is 0 Å². The van der Waals surface area contributed by atoms with Crippen molar-refractivity contribution in [2.45, 2.75) is 19.4 Å². The van der Waals surface area contributed by atoms with E-state index in [-0.39, 0.29) is 12.1 Å². The van der Waals surface area contributed by atoms with E-state index in [2.05, 4.69) is 10.6 Å². The number of hydrogen-bond donors (Lipinski definition) is 4. The zero-order chi connectivity index (χ0) is 9.59. The third-order valence-electron chi connectivity index (χ3n) is 1.90. The third kappa shape index (κ3) is 1.09. The summed E-state index contributed by atoms with van der Waals surface area (Å²) in [6.07, 6.45) is -0.974. The highest BCUT2D eigenvalue weighted by atomic mass is 16.5. The monoisotopic (exact) mass is 185 g/mol. The molecule has 2 aliphatic heterocycles. The van der Waals surface area contributed by atoms with Gasteiger partial charge in [-0.2, -0.15) is 0 Å². The molecule has 6 N–H and O–H groups in total. The van der Waals surface area contributed by atoms with Gasteiger partial charge in [0.25, 0.3) is 5.91 Å². The van der Waals surface area contributed by atoms with Crippen LogP contribution in [0.25, 0.3) is 0 Å². The molecule has 2 rings (SSSR count). The van der Waals surface area contributed by atoms with Crippen LogP contribution >= 0.6 is 0 Å². The fourth-order valence-electron chi connectivity index (χ4n) is 1.26. The van der Waals surface area contributed by atoms with E-state index in [1.54, 1.807) is 6.92 Å². The first-order valence-electron chi connectivity index (χ1n) is 3.87. The molecule has 0 bridgehead atoms. The molecule has 7 heteroatoms. The Labute approximate surface area is 74.6 Å². The van der Waals surface area contributed by atoms with Crippen LogP contribution in [0.5, 0.6) is 0 Å². The Morgan fingerprint density at radius 2 is 2.23 bits per heavy atom. The lowest BCUT2D eigenvalue weighted by molar-refractivity contribution is -0.131. The average Bonchev–Trinajstić information content (AvgIpc) is 2.42. The maximum absolute atomic E-state index is 11.4. The van der Waals surface area contributed by atoms with Crippen molar-refractivity contribution in [2.24, 2.45) is 11.6 Å². The Bertz CT molecular complexity index is 289. The summed E-state index contributed by atoms with van der Waals surface area (Å²) < 4.78 is 5.23. The first kappa shape index (κ1) is 8.14. The minimum atomic E-state index is -0.738. The summed E-state index contributed by atoms with van der Waals surface area (Å²) in [7, 11) is 0. The number of amides is 1. The lowest BCUT2D eigenvalue weighted by atomic mass is 10.3. The smallest absolute Gasteiger partial charge is 0.292 e. The van der Waals surface area contributed by atoms with Gasteiger partial charge in [-0.25, -0.2) is 10.9 Å². The number of carbonyl (C=O) groups is 1. The van der Waals surface area contributed by atoms with Crippen LogP contribution < -0.4 is 22.2 Å². The Hall–Kier alpha value is -1.47. The number of carbonyl (C=O) groups excluding carboxylic acids is 1. The highest BCUT2D eigenvalue weighted by Crippen LogP contribution is 2.18.